The number of hydrogen-bond donors (Lipinski definition) is 1. The van der Waals surface area contributed by atoms with Crippen molar-refractivity contribution >= 4 is 40.8 Å². The minimum Gasteiger partial charge on any atom is -0.339 e. The van der Waals surface area contributed by atoms with Gasteiger partial charge in [0.25, 0.3) is 11.8 Å². The number of carbonyl (C=O) groups is 3. The zero-order valence-corrected chi connectivity index (χ0v) is 20.1. The van der Waals surface area contributed by atoms with Gasteiger partial charge in [0.1, 0.15) is 11.4 Å². The summed E-state index contributed by atoms with van der Waals surface area (Å²) in [6.07, 6.45) is 3.04. The standard InChI is InChI=1S/C24H27ClFN3O3S/c1-2-10-24(22(31)29(23(32)27-24)13-9-18-4-3-14-33-18)16-7-11-28(12-8-16)21(30)19-15-17(25)5-6-20(19)26/h3-6,14-16H,2,7-13H2,1H3,(H,27,32). The Morgan fingerprint density at radius 3 is 2.70 bits per heavy atom. The lowest BCUT2D eigenvalue weighted by Crippen LogP contribution is -2.56. The average Bonchev–Trinajstić information content (AvgIpc) is 3.41. The zero-order chi connectivity index (χ0) is 23.6. The summed E-state index contributed by atoms with van der Waals surface area (Å²) in [7, 11) is 0. The maximum atomic E-state index is 14.2. The molecule has 0 aliphatic carbocycles. The Morgan fingerprint density at radius 1 is 1.27 bits per heavy atom. The number of amides is 4. The van der Waals surface area contributed by atoms with Gasteiger partial charge in [0.05, 0.1) is 5.56 Å². The highest BCUT2D eigenvalue weighted by atomic mass is 35.5. The first kappa shape index (κ1) is 23.7. The Morgan fingerprint density at radius 2 is 2.03 bits per heavy atom. The molecule has 0 spiro atoms. The molecule has 2 aliphatic heterocycles. The van der Waals surface area contributed by atoms with Crippen LogP contribution >= 0.6 is 22.9 Å². The first-order valence-electron chi connectivity index (χ1n) is 11.3. The van der Waals surface area contributed by atoms with Crippen LogP contribution in [0.1, 0.15) is 47.8 Å². The third-order valence-electron chi connectivity index (χ3n) is 6.65. The van der Waals surface area contributed by atoms with Crippen molar-refractivity contribution in [3.63, 3.8) is 0 Å². The molecule has 1 aromatic carbocycles. The van der Waals surface area contributed by atoms with Crippen molar-refractivity contribution in [3.8, 4) is 0 Å². The lowest BCUT2D eigenvalue weighted by Gasteiger charge is -2.41. The number of benzene rings is 1. The summed E-state index contributed by atoms with van der Waals surface area (Å²) in [4.78, 5) is 43.2. The predicted molar refractivity (Wildman–Crippen MR) is 126 cm³/mol. The molecule has 6 nitrogen and oxygen atoms in total. The van der Waals surface area contributed by atoms with Gasteiger partial charge in [-0.2, -0.15) is 0 Å². The smallest absolute Gasteiger partial charge is 0.325 e. The number of piperidine rings is 1. The summed E-state index contributed by atoms with van der Waals surface area (Å²) in [5, 5.41) is 5.30. The van der Waals surface area contributed by atoms with E-state index in [-0.39, 0.29) is 23.4 Å². The van der Waals surface area contributed by atoms with Gasteiger partial charge >= 0.3 is 6.03 Å². The summed E-state index contributed by atoms with van der Waals surface area (Å²) < 4.78 is 14.2. The second kappa shape index (κ2) is 9.81. The minimum atomic E-state index is -0.947. The summed E-state index contributed by atoms with van der Waals surface area (Å²) in [6, 6.07) is 7.55. The number of nitrogens with zero attached hydrogens (tertiary/aromatic N) is 2. The molecule has 1 atom stereocenters. The third-order valence-corrected chi connectivity index (χ3v) is 7.82. The van der Waals surface area contributed by atoms with Crippen LogP contribution in [0.25, 0.3) is 0 Å². The van der Waals surface area contributed by atoms with Crippen LogP contribution in [-0.2, 0) is 11.2 Å². The van der Waals surface area contributed by atoms with Gasteiger partial charge in [-0.25, -0.2) is 9.18 Å². The van der Waals surface area contributed by atoms with E-state index < -0.39 is 17.3 Å². The van der Waals surface area contributed by atoms with Crippen molar-refractivity contribution in [1.29, 1.82) is 0 Å². The van der Waals surface area contributed by atoms with E-state index in [1.165, 1.54) is 23.1 Å². The molecule has 9 heteroatoms. The lowest BCUT2D eigenvalue weighted by atomic mass is 9.74. The Bertz CT molecular complexity index is 1040. The van der Waals surface area contributed by atoms with Crippen LogP contribution in [0.5, 0.6) is 0 Å². The van der Waals surface area contributed by atoms with Crippen LogP contribution < -0.4 is 5.32 Å². The molecular weight excluding hydrogens is 465 g/mol. The van der Waals surface area contributed by atoms with E-state index in [4.69, 9.17) is 11.6 Å². The Balaban J connectivity index is 1.45. The van der Waals surface area contributed by atoms with E-state index in [1.807, 2.05) is 24.4 Å². The quantitative estimate of drug-likeness (QED) is 0.569. The number of halogens is 2. The molecular formula is C24H27ClFN3O3S. The highest BCUT2D eigenvalue weighted by Crippen LogP contribution is 2.37. The van der Waals surface area contributed by atoms with E-state index >= 15 is 0 Å². The fourth-order valence-electron chi connectivity index (χ4n) is 4.98. The van der Waals surface area contributed by atoms with Gasteiger partial charge in [0.2, 0.25) is 0 Å². The molecule has 1 aromatic heterocycles. The van der Waals surface area contributed by atoms with E-state index in [9.17, 15) is 18.8 Å². The zero-order valence-electron chi connectivity index (χ0n) is 18.5. The number of carbonyl (C=O) groups excluding carboxylic acids is 3. The predicted octanol–water partition coefficient (Wildman–Crippen LogP) is 4.73. The molecule has 3 heterocycles. The molecule has 4 amide bonds. The van der Waals surface area contributed by atoms with Crippen LogP contribution in [0.2, 0.25) is 5.02 Å². The molecule has 33 heavy (non-hydrogen) atoms. The van der Waals surface area contributed by atoms with Gasteiger partial charge in [0.15, 0.2) is 0 Å². The van der Waals surface area contributed by atoms with Crippen molar-refractivity contribution in [2.45, 2.75) is 44.6 Å². The molecule has 2 saturated heterocycles. The number of thiophene rings is 1. The van der Waals surface area contributed by atoms with E-state index in [0.717, 1.165) is 11.3 Å². The maximum absolute atomic E-state index is 14.2. The van der Waals surface area contributed by atoms with E-state index in [1.54, 1.807) is 16.2 Å². The highest BCUT2D eigenvalue weighted by molar-refractivity contribution is 7.09. The summed E-state index contributed by atoms with van der Waals surface area (Å²) in [5.41, 5.74) is -0.994. The largest absolute Gasteiger partial charge is 0.339 e. The van der Waals surface area contributed by atoms with Gasteiger partial charge in [0, 0.05) is 29.5 Å². The molecule has 2 fully saturated rings. The van der Waals surface area contributed by atoms with Crippen LogP contribution in [0.3, 0.4) is 0 Å². The Labute approximate surface area is 201 Å². The molecule has 2 aromatic rings. The third kappa shape index (κ3) is 4.64. The molecule has 0 radical (unpaired) electrons. The molecule has 0 bridgehead atoms. The maximum Gasteiger partial charge on any atom is 0.325 e. The van der Waals surface area contributed by atoms with Gasteiger partial charge in [-0.15, -0.1) is 11.3 Å². The average molecular weight is 492 g/mol. The number of rotatable bonds is 7. The fourth-order valence-corrected chi connectivity index (χ4v) is 5.85. The number of hydrogen-bond acceptors (Lipinski definition) is 4. The molecule has 2 aliphatic rings. The molecule has 176 valence electrons. The van der Waals surface area contributed by atoms with Gasteiger partial charge in [-0.1, -0.05) is 31.0 Å². The molecule has 4 rings (SSSR count). The number of urea groups is 1. The fraction of sp³-hybridized carbons (Fsp3) is 0.458. The van der Waals surface area contributed by atoms with Gasteiger partial charge in [-0.05, 0) is 61.2 Å². The van der Waals surface area contributed by atoms with Crippen LogP contribution in [0.4, 0.5) is 9.18 Å². The SMILES string of the molecule is CCCC1(C2CCN(C(=O)c3cc(Cl)ccc3F)CC2)NC(=O)N(CCc2cccs2)C1=O. The molecule has 1 N–H and O–H groups in total. The van der Waals surface area contributed by atoms with Crippen LogP contribution in [0, 0.1) is 11.7 Å². The highest BCUT2D eigenvalue weighted by Gasteiger charge is 2.55. The normalized spacial score (nSPS) is 21.5. The summed E-state index contributed by atoms with van der Waals surface area (Å²) >= 11 is 7.55. The number of nitrogens with one attached hydrogen (secondary N) is 1. The Hall–Kier alpha value is -2.45. The minimum absolute atomic E-state index is 0.0470. The number of likely N-dealkylation sites (tertiary alicyclic amines) is 1. The van der Waals surface area contributed by atoms with Gasteiger partial charge in [-0.3, -0.25) is 14.5 Å². The van der Waals surface area contributed by atoms with Crippen LogP contribution in [-0.4, -0.2) is 52.8 Å². The van der Waals surface area contributed by atoms with E-state index in [0.29, 0.717) is 50.3 Å². The second-order valence-electron chi connectivity index (χ2n) is 8.63. The monoisotopic (exact) mass is 491 g/mol. The van der Waals surface area contributed by atoms with Crippen molar-refractivity contribution in [2.75, 3.05) is 19.6 Å². The van der Waals surface area contributed by atoms with Crippen molar-refractivity contribution < 1.29 is 18.8 Å². The van der Waals surface area contributed by atoms with E-state index in [2.05, 4.69) is 5.32 Å². The first-order chi connectivity index (χ1) is 15.9. The molecule has 0 saturated carbocycles. The number of imide groups is 1. The van der Waals surface area contributed by atoms with Crippen LogP contribution in [0.15, 0.2) is 35.7 Å². The summed E-state index contributed by atoms with van der Waals surface area (Å²) in [5.74, 6) is -1.27. The topological polar surface area (TPSA) is 69.7 Å². The van der Waals surface area contributed by atoms with Gasteiger partial charge < -0.3 is 10.2 Å². The molecule has 1 unspecified atom stereocenters. The second-order valence-corrected chi connectivity index (χ2v) is 10.1. The van der Waals surface area contributed by atoms with Crippen molar-refractivity contribution in [1.82, 2.24) is 15.1 Å². The lowest BCUT2D eigenvalue weighted by molar-refractivity contribution is -0.134. The van der Waals surface area contributed by atoms with Crippen molar-refractivity contribution in [2.24, 2.45) is 5.92 Å². The first-order valence-corrected chi connectivity index (χ1v) is 12.5. The van der Waals surface area contributed by atoms with Crippen molar-refractivity contribution in [3.05, 3.63) is 57.0 Å². The summed E-state index contributed by atoms with van der Waals surface area (Å²) in [6.45, 7) is 3.12. The Kier molecular flexibility index (Phi) is 7.05.